The average molecular weight is 469 g/mol. The van der Waals surface area contributed by atoms with Crippen LogP contribution >= 0.6 is 0 Å². The van der Waals surface area contributed by atoms with Crippen molar-refractivity contribution in [3.05, 3.63) is 102 Å². The molecule has 7 nitrogen and oxygen atoms in total. The minimum Gasteiger partial charge on any atom is -0.427 e. The third kappa shape index (κ3) is 4.66. The first-order valence-corrected chi connectivity index (χ1v) is 11.4. The first-order chi connectivity index (χ1) is 17.1. The van der Waals surface area contributed by atoms with Crippen LogP contribution in [0.3, 0.4) is 0 Å². The van der Waals surface area contributed by atoms with Crippen molar-refractivity contribution in [2.24, 2.45) is 5.92 Å². The van der Waals surface area contributed by atoms with Gasteiger partial charge in [0.2, 0.25) is 6.79 Å². The Morgan fingerprint density at radius 1 is 0.829 bits per heavy atom. The Bertz CT molecular complexity index is 1380. The van der Waals surface area contributed by atoms with Crippen molar-refractivity contribution >= 4 is 28.9 Å². The molecule has 1 aliphatic carbocycles. The maximum atomic E-state index is 13.4. The number of hydrogen-bond acceptors (Lipinski definition) is 6. The van der Waals surface area contributed by atoms with E-state index >= 15 is 0 Å². The topological polar surface area (TPSA) is 83.8 Å². The van der Waals surface area contributed by atoms with Gasteiger partial charge in [-0.05, 0) is 55.2 Å². The Hall–Kier alpha value is -4.39. The molecule has 176 valence electrons. The molecule has 4 aromatic rings. The van der Waals surface area contributed by atoms with Crippen LogP contribution < -0.4 is 4.74 Å². The molecule has 0 saturated heterocycles. The Kier molecular flexibility index (Phi) is 6.30. The minimum atomic E-state index is -0.947. The van der Waals surface area contributed by atoms with Gasteiger partial charge < -0.3 is 14.2 Å². The quantitative estimate of drug-likeness (QED) is 0.228. The van der Waals surface area contributed by atoms with E-state index in [0.29, 0.717) is 30.6 Å². The van der Waals surface area contributed by atoms with Crippen LogP contribution in [0.2, 0.25) is 0 Å². The molecule has 5 rings (SSSR count). The van der Waals surface area contributed by atoms with E-state index in [4.69, 9.17) is 14.2 Å². The lowest BCUT2D eigenvalue weighted by Crippen LogP contribution is -2.27. The normalized spacial score (nSPS) is 14.7. The maximum absolute atomic E-state index is 13.4. The van der Waals surface area contributed by atoms with Crippen molar-refractivity contribution in [3.63, 3.8) is 0 Å². The third-order valence-electron chi connectivity index (χ3n) is 6.15. The van der Waals surface area contributed by atoms with Crippen LogP contribution in [0.1, 0.15) is 28.0 Å². The highest BCUT2D eigenvalue weighted by atomic mass is 16.8. The molecule has 1 aliphatic rings. The van der Waals surface area contributed by atoms with Crippen LogP contribution in [0.4, 0.5) is 4.79 Å². The number of esters is 1. The standard InChI is InChI=1S/C28H23NO6/c30-26(19-9-3-1-4-10-19)29-24-14-8-7-13-22(24)23-17-20(15-16-25(23)29)27(31)33-18-34-28(32)35-21-11-5-2-6-12-21/h1-14,20H,15-18H2. The summed E-state index contributed by atoms with van der Waals surface area (Å²) in [5.41, 5.74) is 3.33. The lowest BCUT2D eigenvalue weighted by molar-refractivity contribution is -0.158. The van der Waals surface area contributed by atoms with Crippen molar-refractivity contribution in [1.82, 2.24) is 4.57 Å². The van der Waals surface area contributed by atoms with Gasteiger partial charge in [0, 0.05) is 16.6 Å². The molecule has 0 amide bonds. The summed E-state index contributed by atoms with van der Waals surface area (Å²) in [6.45, 7) is -0.526. The highest BCUT2D eigenvalue weighted by molar-refractivity contribution is 6.04. The highest BCUT2D eigenvalue weighted by Crippen LogP contribution is 2.35. The molecular weight excluding hydrogens is 446 g/mol. The summed E-state index contributed by atoms with van der Waals surface area (Å²) in [4.78, 5) is 37.9. The second kappa shape index (κ2) is 9.85. The van der Waals surface area contributed by atoms with Gasteiger partial charge in [-0.15, -0.1) is 0 Å². The molecule has 0 saturated carbocycles. The van der Waals surface area contributed by atoms with E-state index in [-0.39, 0.29) is 5.91 Å². The van der Waals surface area contributed by atoms with E-state index in [1.165, 1.54) is 0 Å². The van der Waals surface area contributed by atoms with Crippen LogP contribution in [0.15, 0.2) is 84.9 Å². The zero-order valence-electron chi connectivity index (χ0n) is 18.9. The summed E-state index contributed by atoms with van der Waals surface area (Å²) in [5, 5.41) is 0.951. The highest BCUT2D eigenvalue weighted by Gasteiger charge is 2.32. The summed E-state index contributed by atoms with van der Waals surface area (Å²) in [7, 11) is 0. The van der Waals surface area contributed by atoms with Gasteiger partial charge in [-0.2, -0.15) is 0 Å². The number of carbonyl (C=O) groups is 3. The summed E-state index contributed by atoms with van der Waals surface area (Å²) in [6.07, 6.45) is 0.577. The van der Waals surface area contributed by atoms with E-state index in [0.717, 1.165) is 22.2 Å². The number of rotatable bonds is 5. The molecule has 1 heterocycles. The number of benzene rings is 3. The van der Waals surface area contributed by atoms with Crippen LogP contribution in [0.5, 0.6) is 5.75 Å². The fourth-order valence-corrected chi connectivity index (χ4v) is 4.52. The zero-order valence-corrected chi connectivity index (χ0v) is 18.9. The van der Waals surface area contributed by atoms with Gasteiger partial charge in [0.25, 0.3) is 5.91 Å². The number of carbonyl (C=O) groups excluding carboxylic acids is 3. The molecule has 0 aliphatic heterocycles. The fraction of sp³-hybridized carbons (Fsp3) is 0.179. The second-order valence-corrected chi connectivity index (χ2v) is 8.28. The maximum Gasteiger partial charge on any atom is 0.516 e. The van der Waals surface area contributed by atoms with Gasteiger partial charge in [0.15, 0.2) is 0 Å². The molecule has 7 heteroatoms. The number of para-hydroxylation sites is 2. The van der Waals surface area contributed by atoms with Gasteiger partial charge in [-0.1, -0.05) is 54.6 Å². The number of nitrogens with zero attached hydrogens (tertiary/aromatic N) is 1. The molecule has 1 unspecified atom stereocenters. The first-order valence-electron chi connectivity index (χ1n) is 11.4. The Labute approximate surface area is 201 Å². The van der Waals surface area contributed by atoms with Gasteiger partial charge >= 0.3 is 12.1 Å². The van der Waals surface area contributed by atoms with Gasteiger partial charge in [-0.25, -0.2) is 4.79 Å². The van der Waals surface area contributed by atoms with Crippen molar-refractivity contribution in [2.45, 2.75) is 19.3 Å². The van der Waals surface area contributed by atoms with Crippen molar-refractivity contribution in [1.29, 1.82) is 0 Å². The van der Waals surface area contributed by atoms with E-state index in [2.05, 4.69) is 0 Å². The molecule has 1 aromatic heterocycles. The Morgan fingerprint density at radius 3 is 2.29 bits per heavy atom. The summed E-state index contributed by atoms with van der Waals surface area (Å²) < 4.78 is 16.9. The molecular formula is C28H23NO6. The van der Waals surface area contributed by atoms with Gasteiger partial charge in [0.05, 0.1) is 11.4 Å². The number of fused-ring (bicyclic) bond motifs is 3. The van der Waals surface area contributed by atoms with E-state index in [1.807, 2.05) is 42.5 Å². The molecule has 0 radical (unpaired) electrons. The molecule has 0 bridgehead atoms. The van der Waals surface area contributed by atoms with E-state index in [1.54, 1.807) is 47.0 Å². The van der Waals surface area contributed by atoms with Crippen LogP contribution in [0.25, 0.3) is 10.9 Å². The monoisotopic (exact) mass is 469 g/mol. The SMILES string of the molecule is O=C(OCOC(=O)C1CCc2c(c3ccccc3n2C(=O)c2ccccc2)C1)Oc1ccccc1. The van der Waals surface area contributed by atoms with Crippen molar-refractivity contribution in [3.8, 4) is 5.75 Å². The van der Waals surface area contributed by atoms with Crippen LogP contribution in [-0.4, -0.2) is 29.4 Å². The average Bonchev–Trinajstić information content (AvgIpc) is 3.23. The smallest absolute Gasteiger partial charge is 0.427 e. The van der Waals surface area contributed by atoms with Gasteiger partial charge in [0.1, 0.15) is 5.75 Å². The molecule has 0 fully saturated rings. The molecule has 3 aromatic carbocycles. The predicted molar refractivity (Wildman–Crippen MR) is 128 cm³/mol. The van der Waals surface area contributed by atoms with E-state index in [9.17, 15) is 14.4 Å². The lowest BCUT2D eigenvalue weighted by atomic mass is 9.86. The third-order valence-corrected chi connectivity index (χ3v) is 6.15. The van der Waals surface area contributed by atoms with Crippen LogP contribution in [-0.2, 0) is 27.1 Å². The zero-order chi connectivity index (χ0) is 24.2. The lowest BCUT2D eigenvalue weighted by Gasteiger charge is -2.22. The van der Waals surface area contributed by atoms with Crippen molar-refractivity contribution in [2.75, 3.05) is 6.79 Å². The number of aromatic nitrogens is 1. The summed E-state index contributed by atoms with van der Waals surface area (Å²) >= 11 is 0. The summed E-state index contributed by atoms with van der Waals surface area (Å²) in [5.74, 6) is -0.601. The summed E-state index contributed by atoms with van der Waals surface area (Å²) in [6, 6.07) is 25.4. The Morgan fingerprint density at radius 2 is 1.51 bits per heavy atom. The fourth-order valence-electron chi connectivity index (χ4n) is 4.52. The second-order valence-electron chi connectivity index (χ2n) is 8.28. The van der Waals surface area contributed by atoms with Gasteiger partial charge in [-0.3, -0.25) is 14.2 Å². The number of ether oxygens (including phenoxy) is 3. The van der Waals surface area contributed by atoms with E-state index < -0.39 is 24.8 Å². The largest absolute Gasteiger partial charge is 0.516 e. The first kappa shape index (κ1) is 22.4. The van der Waals surface area contributed by atoms with Crippen molar-refractivity contribution < 1.29 is 28.6 Å². The molecule has 1 atom stereocenters. The minimum absolute atomic E-state index is 0.0885. The molecule has 0 N–H and O–H groups in total. The molecule has 35 heavy (non-hydrogen) atoms. The Balaban J connectivity index is 1.28. The molecule has 0 spiro atoms. The number of hydrogen-bond donors (Lipinski definition) is 0. The van der Waals surface area contributed by atoms with Crippen LogP contribution in [0, 0.1) is 5.92 Å². The predicted octanol–water partition coefficient (Wildman–Crippen LogP) is 5.15.